The Morgan fingerprint density at radius 1 is 1.12 bits per heavy atom. The Hall–Kier alpha value is -2.83. The minimum Gasteiger partial charge on any atom is -0.346 e. The average Bonchev–Trinajstić information content (AvgIpc) is 3.19. The van der Waals surface area contributed by atoms with Gasteiger partial charge in [0, 0.05) is 33.9 Å². The first-order valence-electron chi connectivity index (χ1n) is 10.6. The molecule has 0 saturated carbocycles. The van der Waals surface area contributed by atoms with Crippen molar-refractivity contribution in [2.24, 2.45) is 0 Å². The fraction of sp³-hybridized carbons (Fsp3) is 0.192. The number of anilines is 1. The Kier molecular flexibility index (Phi) is 6.50. The van der Waals surface area contributed by atoms with Crippen molar-refractivity contribution in [3.8, 4) is 11.1 Å². The lowest BCUT2D eigenvalue weighted by molar-refractivity contribution is 0.580. The molecule has 0 aliphatic carbocycles. The fourth-order valence-corrected chi connectivity index (χ4v) is 5.96. The number of halogens is 3. The number of H-pyrrole nitrogens is 1. The summed E-state index contributed by atoms with van der Waals surface area (Å²) < 4.78 is 33.7. The summed E-state index contributed by atoms with van der Waals surface area (Å²) in [7, 11) is -1.26. The molecule has 7 heteroatoms. The van der Waals surface area contributed by atoms with Crippen molar-refractivity contribution in [1.82, 2.24) is 9.97 Å². The summed E-state index contributed by atoms with van der Waals surface area (Å²) in [6.07, 6.45) is 8.58. The quantitative estimate of drug-likeness (QED) is 0.278. The lowest BCUT2D eigenvalue weighted by atomic mass is 9.97. The first-order valence-corrected chi connectivity index (χ1v) is 13.6. The van der Waals surface area contributed by atoms with Gasteiger partial charge in [-0.05, 0) is 66.2 Å². The van der Waals surface area contributed by atoms with E-state index in [4.69, 9.17) is 11.6 Å². The predicted octanol–water partition coefficient (Wildman–Crippen LogP) is 8.02. The summed E-state index contributed by atoms with van der Waals surface area (Å²) in [5.74, 6) is -0.350. The van der Waals surface area contributed by atoms with E-state index in [1.54, 1.807) is 12.4 Å². The zero-order valence-electron chi connectivity index (χ0n) is 18.8. The molecule has 33 heavy (non-hydrogen) atoms. The molecule has 0 saturated heterocycles. The van der Waals surface area contributed by atoms with E-state index in [-0.39, 0.29) is 11.1 Å². The highest BCUT2D eigenvalue weighted by Gasteiger charge is 2.22. The molecule has 2 heterocycles. The van der Waals surface area contributed by atoms with Crippen molar-refractivity contribution in [1.29, 1.82) is 0 Å². The number of nitrogens with one attached hydrogen (secondary N) is 2. The summed E-state index contributed by atoms with van der Waals surface area (Å²) >= 11 is 6.00. The average molecular weight is 486 g/mol. The minimum atomic E-state index is -1.26. The molecule has 2 N–H and O–H groups in total. The van der Waals surface area contributed by atoms with Crippen LogP contribution in [0.25, 0.3) is 27.7 Å². The number of nitrogens with zero attached hydrogens (tertiary/aromatic N) is 1. The molecule has 0 radical (unpaired) electrons. The molecule has 0 unspecified atom stereocenters. The normalized spacial score (nSPS) is 12.2. The summed E-state index contributed by atoms with van der Waals surface area (Å²) in [5, 5.41) is 1.38. The van der Waals surface area contributed by atoms with Gasteiger partial charge >= 0.3 is 0 Å². The number of fused-ring (bicyclic) bond motifs is 1. The molecule has 3 nitrogen and oxygen atoms in total. The van der Waals surface area contributed by atoms with Gasteiger partial charge in [-0.25, -0.2) is 13.8 Å². The first-order chi connectivity index (χ1) is 15.7. The molecule has 2 aromatic heterocycles. The summed E-state index contributed by atoms with van der Waals surface area (Å²) in [6.45, 7) is 6.15. The molecule has 0 fully saturated rings. The van der Waals surface area contributed by atoms with E-state index >= 15 is 4.39 Å². The highest BCUT2D eigenvalue weighted by atomic mass is 35.5. The lowest BCUT2D eigenvalue weighted by Crippen LogP contribution is -2.13. The summed E-state index contributed by atoms with van der Waals surface area (Å²) in [5.41, 5.74) is 3.45. The van der Waals surface area contributed by atoms with E-state index in [1.807, 2.05) is 30.3 Å². The minimum absolute atomic E-state index is 0.135. The summed E-state index contributed by atoms with van der Waals surface area (Å²) in [6, 6.07) is 12.1. The van der Waals surface area contributed by atoms with Gasteiger partial charge in [-0.15, -0.1) is 0 Å². The Balaban J connectivity index is 1.76. The molecule has 0 amide bonds. The van der Waals surface area contributed by atoms with Crippen molar-refractivity contribution < 1.29 is 8.78 Å². The van der Waals surface area contributed by atoms with Gasteiger partial charge in [-0.1, -0.05) is 37.2 Å². The van der Waals surface area contributed by atoms with Crippen LogP contribution in [0.2, 0.25) is 5.02 Å². The van der Waals surface area contributed by atoms with Gasteiger partial charge in [0.15, 0.2) is 5.82 Å². The van der Waals surface area contributed by atoms with Gasteiger partial charge < -0.3 is 9.71 Å². The number of benzene rings is 2. The van der Waals surface area contributed by atoms with Crippen LogP contribution in [0.15, 0.2) is 61.4 Å². The number of hydrogen-bond acceptors (Lipinski definition) is 2. The van der Waals surface area contributed by atoms with Crippen LogP contribution in [-0.4, -0.2) is 28.2 Å². The highest BCUT2D eigenvalue weighted by molar-refractivity contribution is 8.33. The number of aromatic amines is 1. The van der Waals surface area contributed by atoms with Crippen molar-refractivity contribution in [3.63, 3.8) is 0 Å². The van der Waals surface area contributed by atoms with Gasteiger partial charge in [-0.3, -0.25) is 0 Å². The zero-order chi connectivity index (χ0) is 23.8. The van der Waals surface area contributed by atoms with Gasteiger partial charge in [0.05, 0.1) is 11.3 Å². The maximum Gasteiger partial charge on any atom is 0.157 e. The van der Waals surface area contributed by atoms with E-state index in [1.165, 1.54) is 12.1 Å². The SMILES string of the molecule is C=C(c1c(F)ccc(NS(C)(C)CCC)c1F)c1c[nH]c2ncc(-c3ccc(Cl)cc3)cc12. The van der Waals surface area contributed by atoms with Gasteiger partial charge in [0.25, 0.3) is 0 Å². The molecule has 0 atom stereocenters. The van der Waals surface area contributed by atoms with E-state index in [2.05, 4.69) is 40.7 Å². The molecule has 0 bridgehead atoms. The van der Waals surface area contributed by atoms with Crippen LogP contribution in [0, 0.1) is 11.6 Å². The number of pyridine rings is 1. The van der Waals surface area contributed by atoms with Crippen molar-refractivity contribution >= 4 is 44.1 Å². The number of rotatable bonds is 7. The first kappa shape index (κ1) is 23.3. The second-order valence-electron chi connectivity index (χ2n) is 8.44. The van der Waals surface area contributed by atoms with E-state index in [0.29, 0.717) is 21.9 Å². The van der Waals surface area contributed by atoms with Crippen LogP contribution in [0.5, 0.6) is 0 Å². The maximum atomic E-state index is 15.5. The Bertz CT molecular complexity index is 1330. The van der Waals surface area contributed by atoms with Crippen molar-refractivity contribution in [2.45, 2.75) is 13.3 Å². The van der Waals surface area contributed by atoms with Crippen LogP contribution in [-0.2, 0) is 0 Å². The molecule has 172 valence electrons. The predicted molar refractivity (Wildman–Crippen MR) is 139 cm³/mol. The second-order valence-corrected chi connectivity index (χ2v) is 12.6. The third kappa shape index (κ3) is 4.77. The molecule has 0 spiro atoms. The Morgan fingerprint density at radius 3 is 2.55 bits per heavy atom. The van der Waals surface area contributed by atoms with Gasteiger partial charge in [0.2, 0.25) is 0 Å². The van der Waals surface area contributed by atoms with Gasteiger partial charge in [0.1, 0.15) is 11.5 Å². The monoisotopic (exact) mass is 485 g/mol. The smallest absolute Gasteiger partial charge is 0.157 e. The molecule has 4 rings (SSSR count). The number of hydrogen-bond donors (Lipinski definition) is 2. The third-order valence-corrected chi connectivity index (χ3v) is 7.98. The standard InChI is InChI=1S/C26H26ClF2N3S/c1-5-12-33(3,4)32-23-11-10-22(28)24(25(23)29)16(2)21-15-31-26-20(21)13-18(14-30-26)17-6-8-19(27)9-7-17/h6-11,13-15,32H,2,5,12H2,1,3-4H3,(H,30,31). The lowest BCUT2D eigenvalue weighted by Gasteiger charge is -2.33. The van der Waals surface area contributed by atoms with Crippen LogP contribution < -0.4 is 4.72 Å². The molecule has 4 aromatic rings. The highest BCUT2D eigenvalue weighted by Crippen LogP contribution is 2.43. The Labute approximate surface area is 199 Å². The van der Waals surface area contributed by atoms with Crippen LogP contribution in [0.1, 0.15) is 24.5 Å². The van der Waals surface area contributed by atoms with Crippen LogP contribution in [0.3, 0.4) is 0 Å². The Morgan fingerprint density at radius 2 is 1.85 bits per heavy atom. The van der Waals surface area contributed by atoms with Crippen molar-refractivity contribution in [2.75, 3.05) is 23.0 Å². The van der Waals surface area contributed by atoms with Crippen LogP contribution in [0.4, 0.5) is 14.5 Å². The van der Waals surface area contributed by atoms with Crippen LogP contribution >= 0.6 is 21.8 Å². The molecular weight excluding hydrogens is 460 g/mol. The molecule has 2 aromatic carbocycles. The topological polar surface area (TPSA) is 40.7 Å². The maximum absolute atomic E-state index is 15.5. The third-order valence-electron chi connectivity index (χ3n) is 5.53. The number of aromatic nitrogens is 2. The van der Waals surface area contributed by atoms with E-state index in [9.17, 15) is 4.39 Å². The van der Waals surface area contributed by atoms with Crippen molar-refractivity contribution in [3.05, 3.63) is 89.2 Å². The second kappa shape index (κ2) is 9.20. The summed E-state index contributed by atoms with van der Waals surface area (Å²) in [4.78, 5) is 7.57. The largest absolute Gasteiger partial charge is 0.346 e. The molecular formula is C26H26ClF2N3S. The molecule has 0 aliphatic heterocycles. The molecule has 0 aliphatic rings. The van der Waals surface area contributed by atoms with E-state index in [0.717, 1.165) is 28.7 Å². The zero-order valence-corrected chi connectivity index (χ0v) is 20.4. The van der Waals surface area contributed by atoms with Gasteiger partial charge in [-0.2, -0.15) is 10.2 Å². The van der Waals surface area contributed by atoms with E-state index < -0.39 is 21.8 Å². The fourth-order valence-electron chi connectivity index (χ4n) is 3.95.